The Hall–Kier alpha value is -1.60. The number of hydrogen-bond donors (Lipinski definition) is 2. The Labute approximate surface area is 126 Å². The number of nitrogens with one attached hydrogen (secondary N) is 2. The van der Waals surface area contributed by atoms with Crippen molar-refractivity contribution in [3.8, 4) is 0 Å². The molecule has 0 rings (SSSR count). The lowest BCUT2D eigenvalue weighted by Crippen LogP contribution is -2.56. The third-order valence-corrected chi connectivity index (χ3v) is 2.44. The molecule has 2 N–H and O–H groups in total. The minimum absolute atomic E-state index is 0.0717. The van der Waals surface area contributed by atoms with Crippen molar-refractivity contribution < 1.29 is 23.8 Å². The number of ether oxygens (including phenoxy) is 3. The van der Waals surface area contributed by atoms with Crippen molar-refractivity contribution in [2.45, 2.75) is 39.5 Å². The van der Waals surface area contributed by atoms with E-state index < -0.39 is 17.9 Å². The van der Waals surface area contributed by atoms with E-state index in [9.17, 15) is 9.59 Å². The summed E-state index contributed by atoms with van der Waals surface area (Å²) in [6.07, 6.45) is 2.39. The van der Waals surface area contributed by atoms with Crippen molar-refractivity contribution in [2.24, 2.45) is 0 Å². The maximum absolute atomic E-state index is 11.9. The maximum atomic E-state index is 11.9. The molecule has 0 fully saturated rings. The van der Waals surface area contributed by atoms with Crippen LogP contribution in [0.1, 0.15) is 33.6 Å². The molecule has 0 bridgehead atoms. The Morgan fingerprint density at radius 2 is 1.81 bits per heavy atom. The van der Waals surface area contributed by atoms with Gasteiger partial charge in [0.15, 0.2) is 0 Å². The second kappa shape index (κ2) is 11.1. The molecule has 0 saturated heterocycles. The van der Waals surface area contributed by atoms with Crippen LogP contribution < -0.4 is 10.6 Å². The molecular weight excluding hydrogens is 276 g/mol. The zero-order valence-corrected chi connectivity index (χ0v) is 13.1. The van der Waals surface area contributed by atoms with E-state index in [1.54, 1.807) is 0 Å². The van der Waals surface area contributed by atoms with Crippen LogP contribution in [0.15, 0.2) is 12.7 Å². The van der Waals surface area contributed by atoms with Crippen LogP contribution in [0.4, 0.5) is 4.79 Å². The van der Waals surface area contributed by atoms with Gasteiger partial charge in [0, 0.05) is 25.7 Å². The smallest absolute Gasteiger partial charge is 0.330 e. The largest absolute Gasteiger partial charge is 0.461 e. The summed E-state index contributed by atoms with van der Waals surface area (Å²) in [5.41, 5.74) is 0. The normalized spacial score (nSPS) is 10.8. The first-order valence-corrected chi connectivity index (χ1v) is 7.16. The summed E-state index contributed by atoms with van der Waals surface area (Å²) in [6.45, 7) is 10.00. The van der Waals surface area contributed by atoms with E-state index in [2.05, 4.69) is 17.2 Å². The van der Waals surface area contributed by atoms with E-state index in [-0.39, 0.29) is 13.2 Å². The number of urea groups is 1. The van der Waals surface area contributed by atoms with E-state index in [0.717, 1.165) is 12.5 Å². The van der Waals surface area contributed by atoms with Crippen LogP contribution in [-0.2, 0) is 19.0 Å². The van der Waals surface area contributed by atoms with Gasteiger partial charge in [0.2, 0.25) is 0 Å². The van der Waals surface area contributed by atoms with Gasteiger partial charge in [0.25, 0.3) is 5.91 Å². The quantitative estimate of drug-likeness (QED) is 0.262. The molecule has 7 nitrogen and oxygen atoms in total. The minimum Gasteiger partial charge on any atom is -0.461 e. The van der Waals surface area contributed by atoms with Gasteiger partial charge in [-0.15, -0.1) is 0 Å². The SMILES string of the molecule is C=CC(=O)OCCNC(=O)NC(CCC)(OCC)OCC. The first-order valence-electron chi connectivity index (χ1n) is 7.16. The molecule has 0 aliphatic heterocycles. The number of carbonyl (C=O) groups excluding carboxylic acids is 2. The van der Waals surface area contributed by atoms with Gasteiger partial charge in [-0.25, -0.2) is 9.59 Å². The van der Waals surface area contributed by atoms with Gasteiger partial charge in [-0.3, -0.25) is 5.32 Å². The van der Waals surface area contributed by atoms with Crippen molar-refractivity contribution in [3.05, 3.63) is 12.7 Å². The molecule has 122 valence electrons. The highest BCUT2D eigenvalue weighted by atomic mass is 16.7. The fourth-order valence-electron chi connectivity index (χ4n) is 1.71. The van der Waals surface area contributed by atoms with Crippen molar-refractivity contribution in [1.82, 2.24) is 10.6 Å². The number of rotatable bonds is 11. The topological polar surface area (TPSA) is 85.9 Å². The van der Waals surface area contributed by atoms with Gasteiger partial charge < -0.3 is 19.5 Å². The van der Waals surface area contributed by atoms with Gasteiger partial charge in [-0.05, 0) is 20.3 Å². The molecule has 0 aromatic carbocycles. The highest BCUT2D eigenvalue weighted by Gasteiger charge is 2.32. The number of carbonyl (C=O) groups is 2. The van der Waals surface area contributed by atoms with Gasteiger partial charge in [-0.1, -0.05) is 13.5 Å². The zero-order chi connectivity index (χ0) is 16.1. The Bertz CT molecular complexity index is 316. The van der Waals surface area contributed by atoms with E-state index in [4.69, 9.17) is 14.2 Å². The average molecular weight is 302 g/mol. The highest BCUT2D eigenvalue weighted by molar-refractivity contribution is 5.81. The second-order valence-electron chi connectivity index (χ2n) is 4.12. The van der Waals surface area contributed by atoms with Crippen molar-refractivity contribution in [3.63, 3.8) is 0 Å². The maximum Gasteiger partial charge on any atom is 0.330 e. The Kier molecular flexibility index (Phi) is 10.3. The van der Waals surface area contributed by atoms with Gasteiger partial charge in [0.05, 0.1) is 6.54 Å². The van der Waals surface area contributed by atoms with Gasteiger partial charge in [0.1, 0.15) is 6.61 Å². The van der Waals surface area contributed by atoms with Crippen LogP contribution in [0.2, 0.25) is 0 Å². The summed E-state index contributed by atoms with van der Waals surface area (Å²) in [5, 5.41) is 5.25. The summed E-state index contributed by atoms with van der Waals surface area (Å²) >= 11 is 0. The molecule has 7 heteroatoms. The lowest BCUT2D eigenvalue weighted by molar-refractivity contribution is -0.248. The summed E-state index contributed by atoms with van der Waals surface area (Å²) in [4.78, 5) is 22.7. The van der Waals surface area contributed by atoms with Crippen LogP contribution in [0.3, 0.4) is 0 Å². The van der Waals surface area contributed by atoms with E-state index in [1.807, 2.05) is 20.8 Å². The van der Waals surface area contributed by atoms with E-state index >= 15 is 0 Å². The van der Waals surface area contributed by atoms with Crippen molar-refractivity contribution >= 4 is 12.0 Å². The first kappa shape index (κ1) is 19.4. The third-order valence-electron chi connectivity index (χ3n) is 2.44. The predicted molar refractivity (Wildman–Crippen MR) is 78.6 cm³/mol. The fourth-order valence-corrected chi connectivity index (χ4v) is 1.71. The van der Waals surface area contributed by atoms with Crippen LogP contribution in [0.5, 0.6) is 0 Å². The van der Waals surface area contributed by atoms with Crippen molar-refractivity contribution in [2.75, 3.05) is 26.4 Å². The van der Waals surface area contributed by atoms with Crippen molar-refractivity contribution in [1.29, 1.82) is 0 Å². The number of amides is 2. The molecule has 0 aromatic rings. The average Bonchev–Trinajstić information content (AvgIpc) is 2.44. The molecule has 0 heterocycles. The molecule has 2 amide bonds. The minimum atomic E-state index is -1.12. The van der Waals surface area contributed by atoms with Gasteiger partial charge in [-0.2, -0.15) is 0 Å². The van der Waals surface area contributed by atoms with Crippen LogP contribution >= 0.6 is 0 Å². The first-order chi connectivity index (χ1) is 10.0. The van der Waals surface area contributed by atoms with Gasteiger partial charge >= 0.3 is 12.0 Å². The summed E-state index contributed by atoms with van der Waals surface area (Å²) in [7, 11) is 0. The Balaban J connectivity index is 4.31. The van der Waals surface area contributed by atoms with E-state index in [1.165, 1.54) is 0 Å². The second-order valence-corrected chi connectivity index (χ2v) is 4.12. The molecule has 0 aliphatic rings. The van der Waals surface area contributed by atoms with Crippen LogP contribution in [0, 0.1) is 0 Å². The molecule has 0 aliphatic carbocycles. The van der Waals surface area contributed by atoms with Crippen LogP contribution in [-0.4, -0.2) is 44.3 Å². The lowest BCUT2D eigenvalue weighted by Gasteiger charge is -2.33. The van der Waals surface area contributed by atoms with Crippen LogP contribution in [0.25, 0.3) is 0 Å². The summed E-state index contributed by atoms with van der Waals surface area (Å²) in [6, 6.07) is -0.444. The molecule has 0 atom stereocenters. The van der Waals surface area contributed by atoms with E-state index in [0.29, 0.717) is 19.6 Å². The molecule has 0 unspecified atom stereocenters. The standard InChI is InChI=1S/C14H26N2O5/c1-5-9-14(20-7-3,21-8-4)16-13(18)15-10-11-19-12(17)6-2/h6H,2,5,7-11H2,1,3-4H3,(H2,15,16,18). The molecular formula is C14H26N2O5. The molecule has 0 aromatic heterocycles. The zero-order valence-electron chi connectivity index (χ0n) is 13.1. The molecule has 21 heavy (non-hydrogen) atoms. The fraction of sp³-hybridized carbons (Fsp3) is 0.714. The number of hydrogen-bond acceptors (Lipinski definition) is 5. The lowest BCUT2D eigenvalue weighted by atomic mass is 10.2. The highest BCUT2D eigenvalue weighted by Crippen LogP contribution is 2.16. The monoisotopic (exact) mass is 302 g/mol. The summed E-state index contributed by atoms with van der Waals surface area (Å²) < 4.78 is 15.9. The predicted octanol–water partition coefficient (Wildman–Crippen LogP) is 1.54. The molecule has 0 radical (unpaired) electrons. The summed E-state index contributed by atoms with van der Waals surface area (Å²) in [5.74, 6) is -1.65. The Morgan fingerprint density at radius 1 is 1.19 bits per heavy atom. The number of esters is 1. The molecule has 0 spiro atoms. The molecule has 0 saturated carbocycles. The third kappa shape index (κ3) is 8.31. The Morgan fingerprint density at radius 3 is 2.29 bits per heavy atom.